The van der Waals surface area contributed by atoms with Crippen LogP contribution in [-0.2, 0) is 11.3 Å². The number of hydrogen-bond acceptors (Lipinski definition) is 5. The molecule has 0 N–H and O–H groups in total. The fraction of sp³-hybridized carbons (Fsp3) is 0.412. The van der Waals surface area contributed by atoms with Gasteiger partial charge in [-0.3, -0.25) is 4.57 Å². The molecule has 1 saturated heterocycles. The number of methoxy groups -OCH3 is 1. The van der Waals surface area contributed by atoms with Gasteiger partial charge in [-0.15, -0.1) is 10.2 Å². The molecule has 1 unspecified atom stereocenters. The zero-order chi connectivity index (χ0) is 16.9. The van der Waals surface area contributed by atoms with Crippen molar-refractivity contribution in [3.63, 3.8) is 0 Å². The highest BCUT2D eigenvalue weighted by Gasteiger charge is 2.21. The average Bonchev–Trinajstić information content (AvgIpc) is 3.23. The van der Waals surface area contributed by atoms with Crippen LogP contribution in [0.15, 0.2) is 41.0 Å². The molecule has 2 heterocycles. The van der Waals surface area contributed by atoms with Gasteiger partial charge in [0.25, 0.3) is 0 Å². The minimum Gasteiger partial charge on any atom is -0.497 e. The summed E-state index contributed by atoms with van der Waals surface area (Å²) in [7, 11) is 1.66. The molecule has 3 rings (SSSR count). The molecule has 1 fully saturated rings. The van der Waals surface area contributed by atoms with Crippen molar-refractivity contribution in [2.24, 2.45) is 0 Å². The predicted octanol–water partition coefficient (Wildman–Crippen LogP) is 3.98. The Balaban J connectivity index is 1.89. The van der Waals surface area contributed by atoms with Crippen LogP contribution in [0.1, 0.15) is 12.8 Å². The van der Waals surface area contributed by atoms with Gasteiger partial charge in [-0.05, 0) is 37.1 Å². The highest BCUT2D eigenvalue weighted by molar-refractivity contribution is 7.99. The zero-order valence-electron chi connectivity index (χ0n) is 13.6. The molecule has 5 nitrogen and oxygen atoms in total. The molecule has 0 bridgehead atoms. The van der Waals surface area contributed by atoms with E-state index in [1.165, 1.54) is 11.8 Å². The monoisotopic (exact) mass is 365 g/mol. The van der Waals surface area contributed by atoms with Crippen molar-refractivity contribution in [1.82, 2.24) is 14.8 Å². The zero-order valence-corrected chi connectivity index (χ0v) is 15.1. The smallest absolute Gasteiger partial charge is 0.191 e. The summed E-state index contributed by atoms with van der Waals surface area (Å²) in [4.78, 5) is 0. The van der Waals surface area contributed by atoms with E-state index in [4.69, 9.17) is 21.1 Å². The van der Waals surface area contributed by atoms with E-state index in [0.717, 1.165) is 48.3 Å². The third-order valence-corrected chi connectivity index (χ3v) is 5.18. The Morgan fingerprint density at radius 1 is 1.42 bits per heavy atom. The Hall–Kier alpha value is -1.50. The number of benzene rings is 1. The lowest BCUT2D eigenvalue weighted by atomic mass is 10.2. The van der Waals surface area contributed by atoms with E-state index in [0.29, 0.717) is 10.8 Å². The molecule has 1 atom stereocenters. The molecule has 0 saturated carbocycles. The quantitative estimate of drug-likeness (QED) is 0.694. The maximum Gasteiger partial charge on any atom is 0.191 e. The van der Waals surface area contributed by atoms with E-state index in [-0.39, 0.29) is 6.10 Å². The average molecular weight is 366 g/mol. The Labute approximate surface area is 151 Å². The molecular weight excluding hydrogens is 346 g/mol. The third-order valence-electron chi connectivity index (χ3n) is 3.83. The van der Waals surface area contributed by atoms with E-state index in [9.17, 15) is 0 Å². The third kappa shape index (κ3) is 4.12. The Kier molecular flexibility index (Phi) is 5.81. The van der Waals surface area contributed by atoms with Gasteiger partial charge in [-0.2, -0.15) is 0 Å². The summed E-state index contributed by atoms with van der Waals surface area (Å²) >= 11 is 7.44. The minimum absolute atomic E-state index is 0.205. The van der Waals surface area contributed by atoms with Gasteiger partial charge in [0, 0.05) is 23.0 Å². The minimum atomic E-state index is 0.205. The number of halogens is 1. The fourth-order valence-electron chi connectivity index (χ4n) is 2.65. The van der Waals surface area contributed by atoms with E-state index in [1.54, 1.807) is 7.11 Å². The van der Waals surface area contributed by atoms with Gasteiger partial charge in [0.05, 0.1) is 19.8 Å². The summed E-state index contributed by atoms with van der Waals surface area (Å²) in [5.41, 5.74) is 0.998. The van der Waals surface area contributed by atoms with Crippen LogP contribution in [0.3, 0.4) is 0 Å². The van der Waals surface area contributed by atoms with Gasteiger partial charge in [0.2, 0.25) is 0 Å². The molecule has 1 aliphatic heterocycles. The summed E-state index contributed by atoms with van der Waals surface area (Å²) in [5, 5.41) is 10.2. The molecule has 128 valence electrons. The first-order chi connectivity index (χ1) is 11.7. The van der Waals surface area contributed by atoms with E-state index in [1.807, 2.05) is 24.3 Å². The Morgan fingerprint density at radius 3 is 2.83 bits per heavy atom. The first kappa shape index (κ1) is 17.3. The molecule has 24 heavy (non-hydrogen) atoms. The molecule has 1 aromatic heterocycles. The van der Waals surface area contributed by atoms with E-state index in [2.05, 4.69) is 21.3 Å². The standard InChI is InChI=1S/C17H20ClN3O2S/c1-12(18)11-24-17-20-19-16(13-5-7-14(22-2)8-6-13)21(17)10-15-4-3-9-23-15/h5-8,15H,1,3-4,9-11H2,2H3. The van der Waals surface area contributed by atoms with Gasteiger partial charge in [0.15, 0.2) is 11.0 Å². The number of ether oxygens (including phenoxy) is 2. The normalized spacial score (nSPS) is 17.2. The number of nitrogens with zero attached hydrogens (tertiary/aromatic N) is 3. The lowest BCUT2D eigenvalue weighted by Gasteiger charge is -2.14. The number of aromatic nitrogens is 3. The van der Waals surface area contributed by atoms with Crippen molar-refractivity contribution < 1.29 is 9.47 Å². The fourth-order valence-corrected chi connectivity index (χ4v) is 3.51. The summed E-state index contributed by atoms with van der Waals surface area (Å²) < 4.78 is 13.1. The van der Waals surface area contributed by atoms with Crippen LogP contribution in [0.4, 0.5) is 0 Å². The van der Waals surface area contributed by atoms with Crippen LogP contribution in [0.25, 0.3) is 11.4 Å². The second-order valence-electron chi connectivity index (χ2n) is 5.59. The molecule has 7 heteroatoms. The van der Waals surface area contributed by atoms with Gasteiger partial charge >= 0.3 is 0 Å². The first-order valence-electron chi connectivity index (χ1n) is 7.82. The maximum atomic E-state index is 5.90. The summed E-state index contributed by atoms with van der Waals surface area (Å²) in [5.74, 6) is 2.25. The number of thioether (sulfide) groups is 1. The van der Waals surface area contributed by atoms with E-state index < -0.39 is 0 Å². The molecule has 0 radical (unpaired) electrons. The summed E-state index contributed by atoms with van der Waals surface area (Å²) in [6, 6.07) is 7.83. The van der Waals surface area contributed by atoms with E-state index >= 15 is 0 Å². The van der Waals surface area contributed by atoms with Crippen LogP contribution in [-0.4, -0.2) is 40.3 Å². The van der Waals surface area contributed by atoms with Gasteiger partial charge in [-0.25, -0.2) is 0 Å². The highest BCUT2D eigenvalue weighted by atomic mass is 35.5. The first-order valence-corrected chi connectivity index (χ1v) is 9.19. The van der Waals surface area contributed by atoms with Crippen LogP contribution >= 0.6 is 23.4 Å². The lowest BCUT2D eigenvalue weighted by molar-refractivity contribution is 0.0953. The summed E-state index contributed by atoms with van der Waals surface area (Å²) in [6.07, 6.45) is 2.37. The largest absolute Gasteiger partial charge is 0.497 e. The Bertz CT molecular complexity index is 696. The van der Waals surface area contributed by atoms with Crippen LogP contribution in [0, 0.1) is 0 Å². The lowest BCUT2D eigenvalue weighted by Crippen LogP contribution is -2.16. The van der Waals surface area contributed by atoms with Gasteiger partial charge in [-0.1, -0.05) is 29.9 Å². The molecule has 0 spiro atoms. The maximum absolute atomic E-state index is 5.90. The second kappa shape index (κ2) is 8.05. The highest BCUT2D eigenvalue weighted by Crippen LogP contribution is 2.28. The van der Waals surface area contributed by atoms with Crippen LogP contribution in [0.2, 0.25) is 0 Å². The molecule has 1 aliphatic rings. The molecule has 1 aromatic carbocycles. The molecule has 2 aromatic rings. The van der Waals surface area contributed by atoms with Gasteiger partial charge < -0.3 is 9.47 Å². The molecular formula is C17H20ClN3O2S. The van der Waals surface area contributed by atoms with Crippen molar-refractivity contribution >= 4 is 23.4 Å². The van der Waals surface area contributed by atoms with Crippen LogP contribution in [0.5, 0.6) is 5.75 Å². The molecule has 0 amide bonds. The van der Waals surface area contributed by atoms with Crippen molar-refractivity contribution in [2.75, 3.05) is 19.5 Å². The van der Waals surface area contributed by atoms with Gasteiger partial charge in [0.1, 0.15) is 5.75 Å². The Morgan fingerprint density at radius 2 is 2.21 bits per heavy atom. The topological polar surface area (TPSA) is 49.2 Å². The second-order valence-corrected chi connectivity index (χ2v) is 7.06. The predicted molar refractivity (Wildman–Crippen MR) is 96.7 cm³/mol. The number of hydrogen-bond donors (Lipinski definition) is 0. The number of rotatable bonds is 7. The van der Waals surface area contributed by atoms with Crippen molar-refractivity contribution in [2.45, 2.75) is 30.6 Å². The van der Waals surface area contributed by atoms with Crippen molar-refractivity contribution in [3.05, 3.63) is 35.9 Å². The summed E-state index contributed by atoms with van der Waals surface area (Å²) in [6.45, 7) is 5.30. The van der Waals surface area contributed by atoms with Crippen molar-refractivity contribution in [1.29, 1.82) is 0 Å². The SMILES string of the molecule is C=C(Cl)CSc1nnc(-c2ccc(OC)cc2)n1CC1CCCO1. The van der Waals surface area contributed by atoms with Crippen LogP contribution < -0.4 is 4.74 Å². The molecule has 0 aliphatic carbocycles. The van der Waals surface area contributed by atoms with Crippen molar-refractivity contribution in [3.8, 4) is 17.1 Å².